The maximum Gasteiger partial charge on any atom is 0.204 e. The molecule has 1 heterocycles. The van der Waals surface area contributed by atoms with Crippen LogP contribution in [0.1, 0.15) is 19.4 Å². The zero-order valence-electron chi connectivity index (χ0n) is 16.0. The minimum Gasteiger partial charge on any atom is -0.306 e. The van der Waals surface area contributed by atoms with Crippen LogP contribution in [-0.4, -0.2) is 24.2 Å². The number of benzene rings is 2. The summed E-state index contributed by atoms with van der Waals surface area (Å²) in [4.78, 5) is 23.9. The van der Waals surface area contributed by atoms with Gasteiger partial charge in [0.15, 0.2) is 6.29 Å². The van der Waals surface area contributed by atoms with Crippen molar-refractivity contribution >= 4 is 33.7 Å². The standard InChI is InChI=1S/C22H24BrN3O2/c1-15(25-26-18-10-8-17(23)9-11-18)19-13-24-22(2,21(19)20(28)14-27)12-16-6-4-3-5-7-16/h3-11,14,21,24-26H,12-13H2,1-2H3. The van der Waals surface area contributed by atoms with Crippen LogP contribution in [0.15, 0.2) is 70.3 Å². The summed E-state index contributed by atoms with van der Waals surface area (Å²) < 4.78 is 1.00. The zero-order valence-corrected chi connectivity index (χ0v) is 17.5. The lowest BCUT2D eigenvalue weighted by molar-refractivity contribution is -0.132. The van der Waals surface area contributed by atoms with E-state index >= 15 is 0 Å². The minimum absolute atomic E-state index is 0.400. The predicted molar refractivity (Wildman–Crippen MR) is 115 cm³/mol. The number of rotatable bonds is 7. The first-order valence-electron chi connectivity index (χ1n) is 9.18. The molecule has 1 aliphatic heterocycles. The van der Waals surface area contributed by atoms with Gasteiger partial charge in [0.05, 0.1) is 11.6 Å². The van der Waals surface area contributed by atoms with Gasteiger partial charge < -0.3 is 16.2 Å². The van der Waals surface area contributed by atoms with Crippen molar-refractivity contribution < 1.29 is 9.59 Å². The number of halogens is 1. The second-order valence-corrected chi connectivity index (χ2v) is 8.21. The fourth-order valence-electron chi connectivity index (χ4n) is 3.75. The summed E-state index contributed by atoms with van der Waals surface area (Å²) in [7, 11) is 0. The number of Topliss-reactive ketones (excluding diaryl/α,β-unsaturated/α-hetero) is 1. The molecule has 0 aliphatic carbocycles. The minimum atomic E-state index is -0.519. The molecule has 3 N–H and O–H groups in total. The lowest BCUT2D eigenvalue weighted by atomic mass is 9.77. The lowest BCUT2D eigenvalue weighted by Gasteiger charge is -2.30. The first-order valence-corrected chi connectivity index (χ1v) is 9.97. The average Bonchev–Trinajstić information content (AvgIpc) is 3.04. The molecule has 2 unspecified atom stereocenters. The van der Waals surface area contributed by atoms with E-state index in [1.54, 1.807) is 0 Å². The Morgan fingerprint density at radius 1 is 1.21 bits per heavy atom. The van der Waals surface area contributed by atoms with Crippen LogP contribution in [0.4, 0.5) is 5.69 Å². The van der Waals surface area contributed by atoms with Crippen LogP contribution >= 0.6 is 15.9 Å². The molecular formula is C22H24BrN3O2. The molecule has 2 aromatic carbocycles. The summed E-state index contributed by atoms with van der Waals surface area (Å²) in [5, 5.41) is 3.47. The Kier molecular flexibility index (Phi) is 6.31. The van der Waals surface area contributed by atoms with Crippen LogP contribution in [0.3, 0.4) is 0 Å². The van der Waals surface area contributed by atoms with Gasteiger partial charge in [-0.05, 0) is 55.7 Å². The van der Waals surface area contributed by atoms with Crippen molar-refractivity contribution in [1.82, 2.24) is 10.7 Å². The molecule has 0 amide bonds. The number of hydrogen-bond acceptors (Lipinski definition) is 5. The smallest absolute Gasteiger partial charge is 0.204 e. The van der Waals surface area contributed by atoms with Crippen molar-refractivity contribution in [3.8, 4) is 0 Å². The third-order valence-corrected chi connectivity index (χ3v) is 5.73. The highest BCUT2D eigenvalue weighted by Gasteiger charge is 2.46. The molecule has 2 aromatic rings. The third-order valence-electron chi connectivity index (χ3n) is 5.20. The van der Waals surface area contributed by atoms with Gasteiger partial charge in [0.2, 0.25) is 5.78 Å². The topological polar surface area (TPSA) is 70.2 Å². The number of carbonyl (C=O) groups is 2. The Balaban J connectivity index is 1.82. The summed E-state index contributed by atoms with van der Waals surface area (Å²) in [6.07, 6.45) is 1.10. The molecule has 0 radical (unpaired) electrons. The predicted octanol–water partition coefficient (Wildman–Crippen LogP) is 3.63. The second-order valence-electron chi connectivity index (χ2n) is 7.29. The molecule has 5 nitrogen and oxygen atoms in total. The number of hydrazine groups is 1. The van der Waals surface area contributed by atoms with Crippen LogP contribution in [0.25, 0.3) is 0 Å². The van der Waals surface area contributed by atoms with Gasteiger partial charge in [0.1, 0.15) is 0 Å². The molecule has 28 heavy (non-hydrogen) atoms. The molecule has 6 heteroatoms. The molecule has 0 spiro atoms. The van der Waals surface area contributed by atoms with Gasteiger partial charge in [0.25, 0.3) is 0 Å². The van der Waals surface area contributed by atoms with Gasteiger partial charge in [-0.1, -0.05) is 46.3 Å². The Bertz CT molecular complexity index is 880. The Morgan fingerprint density at radius 3 is 2.54 bits per heavy atom. The van der Waals surface area contributed by atoms with Crippen molar-refractivity contribution in [3.63, 3.8) is 0 Å². The molecule has 146 valence electrons. The number of allylic oxidation sites excluding steroid dienone is 1. The largest absolute Gasteiger partial charge is 0.306 e. The van der Waals surface area contributed by atoms with E-state index in [-0.39, 0.29) is 0 Å². The summed E-state index contributed by atoms with van der Waals surface area (Å²) in [5.41, 5.74) is 9.58. The normalized spacial score (nSPS) is 23.2. The highest BCUT2D eigenvalue weighted by molar-refractivity contribution is 9.10. The molecule has 1 saturated heterocycles. The van der Waals surface area contributed by atoms with Crippen LogP contribution in [0.5, 0.6) is 0 Å². The summed E-state index contributed by atoms with van der Waals surface area (Å²) in [6.45, 7) is 4.48. The van der Waals surface area contributed by atoms with Gasteiger partial charge in [-0.2, -0.15) is 0 Å². The summed E-state index contributed by atoms with van der Waals surface area (Å²) in [5.74, 6) is -0.910. The quantitative estimate of drug-likeness (QED) is 0.347. The summed E-state index contributed by atoms with van der Waals surface area (Å²) >= 11 is 3.41. The number of nitrogens with one attached hydrogen (secondary N) is 3. The van der Waals surface area contributed by atoms with E-state index in [2.05, 4.69) is 32.1 Å². The van der Waals surface area contributed by atoms with E-state index in [4.69, 9.17) is 0 Å². The Labute approximate surface area is 173 Å². The lowest BCUT2D eigenvalue weighted by Crippen LogP contribution is -2.47. The van der Waals surface area contributed by atoms with Crippen LogP contribution in [-0.2, 0) is 16.0 Å². The molecule has 0 saturated carbocycles. The number of hydrogen-bond donors (Lipinski definition) is 3. The SMILES string of the molecule is CC(NNc1ccc(Br)cc1)=C1CNC(C)(Cc2ccccc2)C1C(=O)C=O. The van der Waals surface area contributed by atoms with Crippen LogP contribution in [0.2, 0.25) is 0 Å². The van der Waals surface area contributed by atoms with Crippen molar-refractivity contribution in [3.05, 3.63) is 75.9 Å². The van der Waals surface area contributed by atoms with Crippen LogP contribution in [0, 0.1) is 5.92 Å². The van der Waals surface area contributed by atoms with Gasteiger partial charge in [-0.25, -0.2) is 0 Å². The van der Waals surface area contributed by atoms with E-state index in [0.717, 1.165) is 27.0 Å². The third kappa shape index (κ3) is 4.51. The van der Waals surface area contributed by atoms with Gasteiger partial charge in [0, 0.05) is 22.3 Å². The number of ketones is 1. The molecule has 0 bridgehead atoms. The van der Waals surface area contributed by atoms with Crippen molar-refractivity contribution in [2.75, 3.05) is 12.0 Å². The fourth-order valence-corrected chi connectivity index (χ4v) is 4.02. The monoisotopic (exact) mass is 441 g/mol. The molecule has 3 rings (SSSR count). The van der Waals surface area contributed by atoms with Crippen molar-refractivity contribution in [1.29, 1.82) is 0 Å². The highest BCUT2D eigenvalue weighted by atomic mass is 79.9. The number of aldehydes is 1. The average molecular weight is 442 g/mol. The van der Waals surface area contributed by atoms with E-state index in [0.29, 0.717) is 19.3 Å². The van der Waals surface area contributed by atoms with E-state index in [1.165, 1.54) is 0 Å². The van der Waals surface area contributed by atoms with Crippen molar-refractivity contribution in [2.24, 2.45) is 5.92 Å². The van der Waals surface area contributed by atoms with Gasteiger partial charge in [-0.15, -0.1) is 0 Å². The second kappa shape index (κ2) is 8.71. The van der Waals surface area contributed by atoms with Gasteiger partial charge in [-0.3, -0.25) is 9.59 Å². The number of anilines is 1. The van der Waals surface area contributed by atoms with Crippen molar-refractivity contribution in [2.45, 2.75) is 25.8 Å². The molecule has 2 atom stereocenters. The molecule has 0 aromatic heterocycles. The van der Waals surface area contributed by atoms with E-state index in [9.17, 15) is 9.59 Å². The maximum absolute atomic E-state index is 12.6. The van der Waals surface area contributed by atoms with Gasteiger partial charge >= 0.3 is 0 Å². The highest BCUT2D eigenvalue weighted by Crippen LogP contribution is 2.35. The van der Waals surface area contributed by atoms with E-state index in [1.807, 2.05) is 68.4 Å². The Hall–Kier alpha value is -2.44. The Morgan fingerprint density at radius 2 is 1.89 bits per heavy atom. The summed E-state index contributed by atoms with van der Waals surface area (Å²) in [6, 6.07) is 17.8. The zero-order chi connectivity index (χ0) is 20.1. The van der Waals surface area contributed by atoms with Crippen LogP contribution < -0.4 is 16.2 Å². The molecule has 1 fully saturated rings. The fraction of sp³-hybridized carbons (Fsp3) is 0.273. The van der Waals surface area contributed by atoms with E-state index < -0.39 is 17.2 Å². The first-order chi connectivity index (χ1) is 13.4. The number of carbonyl (C=O) groups excluding carboxylic acids is 2. The first kappa shape index (κ1) is 20.3. The molecular weight excluding hydrogens is 418 g/mol. The molecule has 1 aliphatic rings. The maximum atomic E-state index is 12.6.